The molecular formula is C15H16N8O. The van der Waals surface area contributed by atoms with E-state index in [0.717, 1.165) is 13.0 Å². The number of aliphatic hydroxyl groups is 1. The van der Waals surface area contributed by atoms with E-state index in [9.17, 15) is 5.11 Å². The van der Waals surface area contributed by atoms with Crippen molar-refractivity contribution in [3.05, 3.63) is 42.4 Å². The van der Waals surface area contributed by atoms with Gasteiger partial charge in [0, 0.05) is 24.2 Å². The Morgan fingerprint density at radius 2 is 1.67 bits per heavy atom. The standard InChI is InChI=1S/C15H16N8O/c1-2-6-18-15(24)10-4-5-11(19-9-10)12-20-22-14(23-21-12)13-16-7-3-8-17-13/h3-5,7-9,15,18,24H,2,6H2,1H3. The van der Waals surface area contributed by atoms with Crippen molar-refractivity contribution >= 4 is 0 Å². The summed E-state index contributed by atoms with van der Waals surface area (Å²) in [5.74, 6) is 0.893. The third-order valence-electron chi connectivity index (χ3n) is 3.16. The Bertz CT molecular complexity index is 764. The molecule has 3 aromatic rings. The Hall–Kier alpha value is -2.91. The van der Waals surface area contributed by atoms with E-state index in [-0.39, 0.29) is 11.6 Å². The summed E-state index contributed by atoms with van der Waals surface area (Å²) >= 11 is 0. The largest absolute Gasteiger partial charge is 0.374 e. The zero-order valence-corrected chi connectivity index (χ0v) is 13.0. The van der Waals surface area contributed by atoms with Crippen LogP contribution in [-0.2, 0) is 0 Å². The SMILES string of the molecule is CCCNC(O)c1ccc(-c2nnc(-c3ncccn3)nn2)nc1. The van der Waals surface area contributed by atoms with E-state index >= 15 is 0 Å². The first-order valence-electron chi connectivity index (χ1n) is 7.50. The summed E-state index contributed by atoms with van der Waals surface area (Å²) in [4.78, 5) is 12.3. The van der Waals surface area contributed by atoms with E-state index in [4.69, 9.17) is 0 Å². The smallest absolute Gasteiger partial charge is 0.240 e. The summed E-state index contributed by atoms with van der Waals surface area (Å²) < 4.78 is 0. The molecule has 0 aromatic carbocycles. The Labute approximate surface area is 138 Å². The third kappa shape index (κ3) is 3.70. The first kappa shape index (κ1) is 16.0. The van der Waals surface area contributed by atoms with Crippen LogP contribution >= 0.6 is 0 Å². The summed E-state index contributed by atoms with van der Waals surface area (Å²) in [5.41, 5.74) is 1.18. The molecule has 122 valence electrons. The molecule has 0 radical (unpaired) electrons. The highest BCUT2D eigenvalue weighted by atomic mass is 16.3. The van der Waals surface area contributed by atoms with E-state index in [1.54, 1.807) is 36.8 Å². The van der Waals surface area contributed by atoms with Gasteiger partial charge in [-0.15, -0.1) is 20.4 Å². The number of hydrogen-bond donors (Lipinski definition) is 2. The summed E-state index contributed by atoms with van der Waals surface area (Å²) in [5, 5.41) is 28.9. The Kier molecular flexibility index (Phi) is 5.04. The molecule has 3 aromatic heterocycles. The summed E-state index contributed by atoms with van der Waals surface area (Å²) in [6, 6.07) is 5.17. The number of hydrogen-bond acceptors (Lipinski definition) is 9. The highest BCUT2D eigenvalue weighted by Crippen LogP contribution is 2.15. The van der Waals surface area contributed by atoms with Crippen molar-refractivity contribution in [3.8, 4) is 23.2 Å². The molecule has 0 aliphatic rings. The molecule has 0 amide bonds. The maximum absolute atomic E-state index is 9.95. The molecule has 9 heteroatoms. The van der Waals surface area contributed by atoms with Gasteiger partial charge in [-0.2, -0.15) is 0 Å². The summed E-state index contributed by atoms with van der Waals surface area (Å²) in [7, 11) is 0. The van der Waals surface area contributed by atoms with Crippen LogP contribution in [0.15, 0.2) is 36.8 Å². The van der Waals surface area contributed by atoms with Crippen molar-refractivity contribution in [3.63, 3.8) is 0 Å². The van der Waals surface area contributed by atoms with Crippen molar-refractivity contribution in [1.29, 1.82) is 0 Å². The first-order valence-corrected chi connectivity index (χ1v) is 7.50. The van der Waals surface area contributed by atoms with Crippen LogP contribution in [0.4, 0.5) is 0 Å². The van der Waals surface area contributed by atoms with Gasteiger partial charge in [0.05, 0.1) is 0 Å². The Morgan fingerprint density at radius 3 is 2.29 bits per heavy atom. The van der Waals surface area contributed by atoms with Gasteiger partial charge in [-0.05, 0) is 25.1 Å². The second-order valence-corrected chi connectivity index (χ2v) is 4.95. The molecule has 0 saturated heterocycles. The number of nitrogens with one attached hydrogen (secondary N) is 1. The monoisotopic (exact) mass is 324 g/mol. The molecule has 0 aliphatic heterocycles. The summed E-state index contributed by atoms with van der Waals surface area (Å²) in [6.07, 6.45) is 4.95. The fraction of sp³-hybridized carbons (Fsp3) is 0.267. The second-order valence-electron chi connectivity index (χ2n) is 4.95. The van der Waals surface area contributed by atoms with Crippen LogP contribution in [0.2, 0.25) is 0 Å². The lowest BCUT2D eigenvalue weighted by Gasteiger charge is -2.12. The Morgan fingerprint density at radius 1 is 0.958 bits per heavy atom. The van der Waals surface area contributed by atoms with Crippen molar-refractivity contribution < 1.29 is 5.11 Å². The van der Waals surface area contributed by atoms with Gasteiger partial charge >= 0.3 is 0 Å². The highest BCUT2D eigenvalue weighted by Gasteiger charge is 2.11. The molecule has 9 nitrogen and oxygen atoms in total. The summed E-state index contributed by atoms with van der Waals surface area (Å²) in [6.45, 7) is 2.76. The number of aliphatic hydroxyl groups excluding tert-OH is 1. The van der Waals surface area contributed by atoms with Crippen LogP contribution in [0.5, 0.6) is 0 Å². The molecule has 3 heterocycles. The Balaban J connectivity index is 1.75. The highest BCUT2D eigenvalue weighted by molar-refractivity contribution is 5.49. The number of aromatic nitrogens is 7. The van der Waals surface area contributed by atoms with Gasteiger partial charge in [-0.25, -0.2) is 9.97 Å². The van der Waals surface area contributed by atoms with E-state index in [1.807, 2.05) is 6.92 Å². The first-order chi connectivity index (χ1) is 11.8. The molecule has 3 rings (SSSR count). The van der Waals surface area contributed by atoms with Gasteiger partial charge in [0.25, 0.3) is 0 Å². The predicted molar refractivity (Wildman–Crippen MR) is 85.1 cm³/mol. The van der Waals surface area contributed by atoms with Gasteiger partial charge in [0.2, 0.25) is 17.5 Å². The minimum absolute atomic E-state index is 0.246. The molecule has 2 N–H and O–H groups in total. The molecule has 0 spiro atoms. The lowest BCUT2D eigenvalue weighted by Crippen LogP contribution is -2.21. The van der Waals surface area contributed by atoms with Crippen molar-refractivity contribution in [2.75, 3.05) is 6.54 Å². The molecular weight excluding hydrogens is 308 g/mol. The average Bonchev–Trinajstić information content (AvgIpc) is 2.67. The van der Waals surface area contributed by atoms with E-state index < -0.39 is 6.23 Å². The van der Waals surface area contributed by atoms with E-state index in [1.165, 1.54) is 0 Å². The molecule has 1 atom stereocenters. The number of rotatable bonds is 6. The quantitative estimate of drug-likeness (QED) is 0.633. The normalized spacial score (nSPS) is 12.1. The molecule has 24 heavy (non-hydrogen) atoms. The maximum atomic E-state index is 9.95. The zero-order chi connectivity index (χ0) is 16.8. The lowest BCUT2D eigenvalue weighted by atomic mass is 10.2. The van der Waals surface area contributed by atoms with Crippen LogP contribution in [-0.4, -0.2) is 47.0 Å². The van der Waals surface area contributed by atoms with E-state index in [0.29, 0.717) is 17.1 Å². The zero-order valence-electron chi connectivity index (χ0n) is 13.0. The van der Waals surface area contributed by atoms with E-state index in [2.05, 4.69) is 40.7 Å². The van der Waals surface area contributed by atoms with Crippen LogP contribution in [0.1, 0.15) is 25.1 Å². The molecule has 0 fully saturated rings. The van der Waals surface area contributed by atoms with Crippen molar-refractivity contribution in [2.24, 2.45) is 0 Å². The third-order valence-corrected chi connectivity index (χ3v) is 3.16. The molecule has 0 aliphatic carbocycles. The topological polar surface area (TPSA) is 122 Å². The van der Waals surface area contributed by atoms with Gasteiger partial charge in [0.15, 0.2) is 0 Å². The minimum atomic E-state index is -0.749. The number of nitrogens with zero attached hydrogens (tertiary/aromatic N) is 7. The molecule has 1 unspecified atom stereocenters. The van der Waals surface area contributed by atoms with Crippen LogP contribution in [0.3, 0.4) is 0 Å². The van der Waals surface area contributed by atoms with Crippen molar-refractivity contribution in [1.82, 2.24) is 40.7 Å². The van der Waals surface area contributed by atoms with Crippen LogP contribution in [0, 0.1) is 0 Å². The van der Waals surface area contributed by atoms with Gasteiger partial charge in [0.1, 0.15) is 11.9 Å². The maximum Gasteiger partial charge on any atom is 0.240 e. The fourth-order valence-corrected chi connectivity index (χ4v) is 1.93. The van der Waals surface area contributed by atoms with Crippen LogP contribution in [0.25, 0.3) is 23.2 Å². The minimum Gasteiger partial charge on any atom is -0.374 e. The molecule has 0 saturated carbocycles. The van der Waals surface area contributed by atoms with Gasteiger partial charge in [-0.3, -0.25) is 10.3 Å². The van der Waals surface area contributed by atoms with Gasteiger partial charge in [-0.1, -0.05) is 13.0 Å². The van der Waals surface area contributed by atoms with Crippen molar-refractivity contribution in [2.45, 2.75) is 19.6 Å². The average molecular weight is 324 g/mol. The van der Waals surface area contributed by atoms with Gasteiger partial charge < -0.3 is 5.11 Å². The lowest BCUT2D eigenvalue weighted by molar-refractivity contribution is 0.139. The predicted octanol–water partition coefficient (Wildman–Crippen LogP) is 0.776. The second kappa shape index (κ2) is 7.57. The fourth-order valence-electron chi connectivity index (χ4n) is 1.93. The van der Waals surface area contributed by atoms with Crippen LogP contribution < -0.4 is 5.32 Å². The number of pyridine rings is 1. The molecule has 0 bridgehead atoms.